The van der Waals surface area contributed by atoms with Gasteiger partial charge in [0.1, 0.15) is 0 Å². The molecule has 0 radical (unpaired) electrons. The molecule has 3 rings (SSSR count). The number of benzene rings is 1. The number of nitrogens with one attached hydrogen (secondary N) is 1. The number of amides is 1. The van der Waals surface area contributed by atoms with Gasteiger partial charge in [0.15, 0.2) is 0 Å². The Balaban J connectivity index is 1.52. The Hall–Kier alpha value is -1.44. The number of aryl methyl sites for hydroxylation is 1. The number of sulfonamides is 1. The molecule has 7 heteroatoms. The zero-order chi connectivity index (χ0) is 18.0. The standard InChI is InChI=1S/C18H27N3O3S/c1-13-2-6-16(7-3-13)25(23,24)21-10-8-15(9-11-21)18(22)20-12-17(19)14-4-5-14/h2-3,6-7,14-15,17H,4-5,8-12,19H2,1H3,(H,20,22). The van der Waals surface area contributed by atoms with E-state index in [0.717, 1.165) is 18.4 Å². The van der Waals surface area contributed by atoms with Crippen LogP contribution in [0.3, 0.4) is 0 Å². The summed E-state index contributed by atoms with van der Waals surface area (Å²) in [7, 11) is -3.47. The summed E-state index contributed by atoms with van der Waals surface area (Å²) in [6, 6.07) is 6.93. The SMILES string of the molecule is Cc1ccc(S(=O)(=O)N2CCC(C(=O)NCC(N)C3CC3)CC2)cc1. The van der Waals surface area contributed by atoms with Gasteiger partial charge < -0.3 is 11.1 Å². The van der Waals surface area contributed by atoms with Gasteiger partial charge >= 0.3 is 0 Å². The summed E-state index contributed by atoms with van der Waals surface area (Å²) < 4.78 is 26.8. The van der Waals surface area contributed by atoms with Crippen LogP contribution in [0.1, 0.15) is 31.2 Å². The van der Waals surface area contributed by atoms with Gasteiger partial charge in [0, 0.05) is 31.6 Å². The first-order chi connectivity index (χ1) is 11.9. The Morgan fingerprint density at radius 2 is 1.80 bits per heavy atom. The number of hydrogen-bond acceptors (Lipinski definition) is 4. The predicted molar refractivity (Wildman–Crippen MR) is 96.4 cm³/mol. The smallest absolute Gasteiger partial charge is 0.243 e. The van der Waals surface area contributed by atoms with Gasteiger partial charge in [-0.1, -0.05) is 17.7 Å². The minimum absolute atomic E-state index is 0.00323. The van der Waals surface area contributed by atoms with E-state index in [9.17, 15) is 13.2 Å². The lowest BCUT2D eigenvalue weighted by atomic mass is 9.97. The Labute approximate surface area is 149 Å². The fourth-order valence-corrected chi connectivity index (χ4v) is 4.74. The first kappa shape index (κ1) is 18.4. The van der Waals surface area contributed by atoms with Crippen molar-refractivity contribution in [2.24, 2.45) is 17.6 Å². The van der Waals surface area contributed by atoms with E-state index in [1.54, 1.807) is 24.3 Å². The molecular weight excluding hydrogens is 338 g/mol. The first-order valence-corrected chi connectivity index (χ1v) is 10.4. The second kappa shape index (κ2) is 7.43. The number of nitrogens with zero attached hydrogens (tertiary/aromatic N) is 1. The van der Waals surface area contributed by atoms with Gasteiger partial charge in [-0.25, -0.2) is 8.42 Å². The molecule has 1 atom stereocenters. The average Bonchev–Trinajstić information content (AvgIpc) is 3.45. The number of rotatable bonds is 6. The summed E-state index contributed by atoms with van der Waals surface area (Å²) in [5.41, 5.74) is 7.04. The van der Waals surface area contributed by atoms with E-state index >= 15 is 0 Å². The van der Waals surface area contributed by atoms with E-state index in [1.807, 2.05) is 6.92 Å². The first-order valence-electron chi connectivity index (χ1n) is 8.98. The van der Waals surface area contributed by atoms with E-state index in [0.29, 0.717) is 43.3 Å². The van der Waals surface area contributed by atoms with Crippen LogP contribution in [-0.2, 0) is 14.8 Å². The Morgan fingerprint density at radius 1 is 1.20 bits per heavy atom. The fraction of sp³-hybridized carbons (Fsp3) is 0.611. The number of piperidine rings is 1. The molecule has 1 saturated heterocycles. The maximum atomic E-state index is 12.7. The maximum absolute atomic E-state index is 12.7. The van der Waals surface area contributed by atoms with Crippen LogP contribution in [-0.4, -0.2) is 44.3 Å². The summed E-state index contributed by atoms with van der Waals surface area (Å²) in [5, 5.41) is 2.93. The van der Waals surface area contributed by atoms with Crippen LogP contribution < -0.4 is 11.1 Å². The molecule has 1 amide bonds. The van der Waals surface area contributed by atoms with Gasteiger partial charge in [0.05, 0.1) is 4.90 Å². The molecule has 6 nitrogen and oxygen atoms in total. The molecule has 1 heterocycles. The third-order valence-electron chi connectivity index (χ3n) is 5.22. The van der Waals surface area contributed by atoms with Crippen molar-refractivity contribution in [3.63, 3.8) is 0 Å². The summed E-state index contributed by atoms with van der Waals surface area (Å²) in [6.07, 6.45) is 3.42. The lowest BCUT2D eigenvalue weighted by Gasteiger charge is -2.30. The van der Waals surface area contributed by atoms with E-state index in [1.165, 1.54) is 4.31 Å². The normalized spacial score (nSPS) is 21.0. The van der Waals surface area contributed by atoms with Crippen LogP contribution in [0.2, 0.25) is 0 Å². The molecule has 1 aromatic carbocycles. The monoisotopic (exact) mass is 365 g/mol. The number of nitrogens with two attached hydrogens (primary N) is 1. The molecule has 1 aromatic rings. The van der Waals surface area contributed by atoms with E-state index in [-0.39, 0.29) is 17.9 Å². The van der Waals surface area contributed by atoms with Gasteiger partial charge in [-0.2, -0.15) is 4.31 Å². The predicted octanol–water partition coefficient (Wildman–Crippen LogP) is 1.25. The van der Waals surface area contributed by atoms with Crippen molar-refractivity contribution in [2.75, 3.05) is 19.6 Å². The van der Waals surface area contributed by atoms with Gasteiger partial charge in [-0.15, -0.1) is 0 Å². The summed E-state index contributed by atoms with van der Waals surface area (Å²) in [4.78, 5) is 12.6. The lowest BCUT2D eigenvalue weighted by molar-refractivity contribution is -0.126. The molecular formula is C18H27N3O3S. The lowest BCUT2D eigenvalue weighted by Crippen LogP contribution is -2.45. The third-order valence-corrected chi connectivity index (χ3v) is 7.14. The number of carbonyl (C=O) groups excluding carboxylic acids is 1. The van der Waals surface area contributed by atoms with E-state index in [2.05, 4.69) is 5.32 Å². The molecule has 0 aromatic heterocycles. The van der Waals surface area contributed by atoms with Gasteiger partial charge in [0.25, 0.3) is 0 Å². The van der Waals surface area contributed by atoms with Crippen LogP contribution in [0.25, 0.3) is 0 Å². The number of carbonyl (C=O) groups is 1. The van der Waals surface area contributed by atoms with Crippen molar-refractivity contribution >= 4 is 15.9 Å². The second-order valence-corrected chi connectivity index (χ2v) is 9.18. The summed E-state index contributed by atoms with van der Waals surface area (Å²) in [5.74, 6) is 0.432. The van der Waals surface area contributed by atoms with Gasteiger partial charge in [0.2, 0.25) is 15.9 Å². The Bertz CT molecular complexity index is 706. The largest absolute Gasteiger partial charge is 0.354 e. The minimum Gasteiger partial charge on any atom is -0.354 e. The quantitative estimate of drug-likeness (QED) is 0.793. The van der Waals surface area contributed by atoms with Gasteiger partial charge in [-0.05, 0) is 50.7 Å². The average molecular weight is 365 g/mol. The van der Waals surface area contributed by atoms with Crippen LogP contribution in [0, 0.1) is 18.8 Å². The maximum Gasteiger partial charge on any atom is 0.243 e. The van der Waals surface area contributed by atoms with Crippen molar-refractivity contribution in [3.05, 3.63) is 29.8 Å². The highest BCUT2D eigenvalue weighted by molar-refractivity contribution is 7.89. The van der Waals surface area contributed by atoms with E-state index in [4.69, 9.17) is 5.73 Å². The van der Waals surface area contributed by atoms with Crippen LogP contribution in [0.15, 0.2) is 29.2 Å². The molecule has 0 bridgehead atoms. The third kappa shape index (κ3) is 4.40. The summed E-state index contributed by atoms with van der Waals surface area (Å²) >= 11 is 0. The zero-order valence-electron chi connectivity index (χ0n) is 14.6. The van der Waals surface area contributed by atoms with Crippen molar-refractivity contribution < 1.29 is 13.2 Å². The molecule has 1 unspecified atom stereocenters. The fourth-order valence-electron chi connectivity index (χ4n) is 3.27. The Kier molecular flexibility index (Phi) is 5.46. The molecule has 2 fully saturated rings. The topological polar surface area (TPSA) is 92.5 Å². The van der Waals surface area contributed by atoms with Gasteiger partial charge in [-0.3, -0.25) is 4.79 Å². The van der Waals surface area contributed by atoms with E-state index < -0.39 is 10.0 Å². The highest BCUT2D eigenvalue weighted by Crippen LogP contribution is 2.31. The highest BCUT2D eigenvalue weighted by atomic mass is 32.2. The molecule has 2 aliphatic rings. The molecule has 1 saturated carbocycles. The van der Waals surface area contributed by atoms with Crippen molar-refractivity contribution in [1.82, 2.24) is 9.62 Å². The molecule has 0 spiro atoms. The molecule has 3 N–H and O–H groups in total. The molecule has 25 heavy (non-hydrogen) atoms. The van der Waals surface area contributed by atoms with Crippen LogP contribution >= 0.6 is 0 Å². The summed E-state index contributed by atoms with van der Waals surface area (Å²) in [6.45, 7) is 3.20. The molecule has 1 aliphatic carbocycles. The van der Waals surface area contributed by atoms with Crippen molar-refractivity contribution in [3.8, 4) is 0 Å². The van der Waals surface area contributed by atoms with Crippen LogP contribution in [0.4, 0.5) is 0 Å². The Morgan fingerprint density at radius 3 is 2.36 bits per heavy atom. The highest BCUT2D eigenvalue weighted by Gasteiger charge is 2.33. The molecule has 1 aliphatic heterocycles. The second-order valence-electron chi connectivity index (χ2n) is 7.24. The van der Waals surface area contributed by atoms with Crippen LogP contribution in [0.5, 0.6) is 0 Å². The minimum atomic E-state index is -3.47. The van der Waals surface area contributed by atoms with Crippen molar-refractivity contribution in [2.45, 2.75) is 43.5 Å². The molecule has 138 valence electrons. The number of hydrogen-bond donors (Lipinski definition) is 2. The zero-order valence-corrected chi connectivity index (χ0v) is 15.5. The van der Waals surface area contributed by atoms with Crippen molar-refractivity contribution in [1.29, 1.82) is 0 Å².